The van der Waals surface area contributed by atoms with Crippen LogP contribution in [0.25, 0.3) is 5.65 Å². The maximum absolute atomic E-state index is 9.44. The summed E-state index contributed by atoms with van der Waals surface area (Å²) in [6.45, 7) is 2.26. The number of hydrogen-bond donors (Lipinski definition) is 1. The van der Waals surface area contributed by atoms with Gasteiger partial charge in [0.05, 0.1) is 11.9 Å². The zero-order valence-electron chi connectivity index (χ0n) is 10.0. The van der Waals surface area contributed by atoms with E-state index in [2.05, 4.69) is 16.9 Å². The minimum atomic E-state index is 0.280. The quantitative estimate of drug-likeness (QED) is 0.814. The number of rotatable bonds is 1. The van der Waals surface area contributed by atoms with E-state index in [-0.39, 0.29) is 5.75 Å². The normalized spacial score (nSPS) is 22.1. The molecular weight excluding hydrogens is 214 g/mol. The molecule has 0 aromatic carbocycles. The Balaban J connectivity index is 1.94. The van der Waals surface area contributed by atoms with Crippen LogP contribution >= 0.6 is 0 Å². The van der Waals surface area contributed by atoms with Crippen LogP contribution < -0.4 is 0 Å². The zero-order valence-corrected chi connectivity index (χ0v) is 10.0. The molecule has 0 saturated carbocycles. The molecule has 2 aromatic heterocycles. The van der Waals surface area contributed by atoms with Gasteiger partial charge >= 0.3 is 0 Å². The lowest BCUT2D eigenvalue weighted by atomic mass is 9.96. The number of imidazole rings is 1. The van der Waals surface area contributed by atoms with Crippen LogP contribution in [0.1, 0.15) is 24.5 Å². The van der Waals surface area contributed by atoms with Crippen LogP contribution in [0.2, 0.25) is 0 Å². The third-order valence-corrected chi connectivity index (χ3v) is 3.50. The molecule has 4 heteroatoms. The van der Waals surface area contributed by atoms with E-state index in [1.54, 1.807) is 12.3 Å². The number of likely N-dealkylation sites (tertiary alicyclic amines) is 1. The Morgan fingerprint density at radius 1 is 1.35 bits per heavy atom. The van der Waals surface area contributed by atoms with Crippen molar-refractivity contribution in [1.29, 1.82) is 0 Å². The minimum absolute atomic E-state index is 0.280. The van der Waals surface area contributed by atoms with Crippen molar-refractivity contribution in [2.45, 2.75) is 18.8 Å². The van der Waals surface area contributed by atoms with Crippen molar-refractivity contribution < 1.29 is 5.11 Å². The van der Waals surface area contributed by atoms with E-state index in [0.29, 0.717) is 5.92 Å². The number of likely N-dealkylation sites (N-methyl/N-ethyl adjacent to an activating group) is 1. The molecule has 4 nitrogen and oxygen atoms in total. The average molecular weight is 231 g/mol. The number of fused-ring (bicyclic) bond motifs is 1. The smallest absolute Gasteiger partial charge is 0.137 e. The molecule has 0 radical (unpaired) electrons. The molecule has 1 atom stereocenters. The summed E-state index contributed by atoms with van der Waals surface area (Å²) < 4.78 is 1.90. The highest BCUT2D eigenvalue weighted by molar-refractivity contribution is 5.43. The van der Waals surface area contributed by atoms with Gasteiger partial charge in [0.25, 0.3) is 0 Å². The van der Waals surface area contributed by atoms with Crippen molar-refractivity contribution in [3.05, 3.63) is 30.2 Å². The SMILES string of the molecule is CN1CCCC(c2cn3cc(O)ccc3n2)C1. The molecule has 90 valence electrons. The van der Waals surface area contributed by atoms with Gasteiger partial charge in [-0.2, -0.15) is 0 Å². The fourth-order valence-electron chi connectivity index (χ4n) is 2.60. The van der Waals surface area contributed by atoms with Crippen molar-refractivity contribution >= 4 is 5.65 Å². The highest BCUT2D eigenvalue weighted by Gasteiger charge is 2.21. The van der Waals surface area contributed by atoms with Crippen LogP contribution in [0.3, 0.4) is 0 Å². The van der Waals surface area contributed by atoms with E-state index in [4.69, 9.17) is 0 Å². The van der Waals surface area contributed by atoms with Crippen molar-refractivity contribution in [1.82, 2.24) is 14.3 Å². The summed E-state index contributed by atoms with van der Waals surface area (Å²) in [5.74, 6) is 0.804. The largest absolute Gasteiger partial charge is 0.506 e. The fraction of sp³-hybridized carbons (Fsp3) is 0.462. The number of piperidine rings is 1. The third-order valence-electron chi connectivity index (χ3n) is 3.50. The van der Waals surface area contributed by atoms with Crippen LogP contribution in [-0.4, -0.2) is 39.5 Å². The molecule has 1 saturated heterocycles. The molecule has 3 heterocycles. The van der Waals surface area contributed by atoms with E-state index >= 15 is 0 Å². The first-order chi connectivity index (χ1) is 8.22. The number of aromatic hydroxyl groups is 1. The summed E-state index contributed by atoms with van der Waals surface area (Å²) in [5.41, 5.74) is 2.05. The van der Waals surface area contributed by atoms with E-state index in [9.17, 15) is 5.11 Å². The molecule has 1 unspecified atom stereocenters. The van der Waals surface area contributed by atoms with Crippen LogP contribution in [0, 0.1) is 0 Å². The summed E-state index contributed by atoms with van der Waals surface area (Å²) in [5, 5.41) is 9.44. The summed E-state index contributed by atoms with van der Waals surface area (Å²) in [7, 11) is 2.16. The van der Waals surface area contributed by atoms with Crippen LogP contribution in [0.4, 0.5) is 0 Å². The molecule has 1 fully saturated rings. The van der Waals surface area contributed by atoms with Gasteiger partial charge in [-0.3, -0.25) is 0 Å². The summed E-state index contributed by atoms with van der Waals surface area (Å²) in [6.07, 6.45) is 6.19. The van der Waals surface area contributed by atoms with Crippen LogP contribution in [-0.2, 0) is 0 Å². The highest BCUT2D eigenvalue weighted by Crippen LogP contribution is 2.26. The van der Waals surface area contributed by atoms with Gasteiger partial charge in [-0.1, -0.05) is 0 Å². The molecule has 0 aliphatic carbocycles. The first-order valence-corrected chi connectivity index (χ1v) is 6.08. The van der Waals surface area contributed by atoms with Crippen molar-refractivity contribution in [3.63, 3.8) is 0 Å². The number of pyridine rings is 1. The van der Waals surface area contributed by atoms with Gasteiger partial charge in [0.1, 0.15) is 11.4 Å². The molecule has 0 amide bonds. The average Bonchev–Trinajstić information content (AvgIpc) is 2.72. The monoisotopic (exact) mass is 231 g/mol. The van der Waals surface area contributed by atoms with E-state index in [0.717, 1.165) is 17.9 Å². The second-order valence-corrected chi connectivity index (χ2v) is 4.92. The molecule has 0 bridgehead atoms. The van der Waals surface area contributed by atoms with Crippen molar-refractivity contribution in [2.75, 3.05) is 20.1 Å². The predicted molar refractivity (Wildman–Crippen MR) is 66.3 cm³/mol. The maximum atomic E-state index is 9.44. The Morgan fingerprint density at radius 3 is 3.06 bits per heavy atom. The van der Waals surface area contributed by atoms with Crippen molar-refractivity contribution in [3.8, 4) is 5.75 Å². The first kappa shape index (κ1) is 10.6. The molecule has 1 aliphatic heterocycles. The van der Waals surface area contributed by atoms with Gasteiger partial charge in [-0.15, -0.1) is 0 Å². The summed E-state index contributed by atoms with van der Waals surface area (Å²) >= 11 is 0. The Labute approximate surface area is 101 Å². The molecule has 1 N–H and O–H groups in total. The Morgan fingerprint density at radius 2 is 2.24 bits per heavy atom. The zero-order chi connectivity index (χ0) is 11.8. The topological polar surface area (TPSA) is 40.8 Å². The van der Waals surface area contributed by atoms with Gasteiger partial charge in [0.2, 0.25) is 0 Å². The van der Waals surface area contributed by atoms with Crippen LogP contribution in [0.15, 0.2) is 24.5 Å². The van der Waals surface area contributed by atoms with Gasteiger partial charge in [-0.25, -0.2) is 4.98 Å². The number of aromatic nitrogens is 2. The van der Waals surface area contributed by atoms with Gasteiger partial charge in [0.15, 0.2) is 0 Å². The summed E-state index contributed by atoms with van der Waals surface area (Å²) in [4.78, 5) is 6.99. The second kappa shape index (κ2) is 4.04. The molecule has 0 spiro atoms. The van der Waals surface area contributed by atoms with E-state index in [1.807, 2.05) is 16.7 Å². The van der Waals surface area contributed by atoms with E-state index in [1.165, 1.54) is 19.4 Å². The fourth-order valence-corrected chi connectivity index (χ4v) is 2.60. The number of nitrogens with zero attached hydrogens (tertiary/aromatic N) is 3. The number of hydrogen-bond acceptors (Lipinski definition) is 3. The van der Waals surface area contributed by atoms with Crippen molar-refractivity contribution in [2.24, 2.45) is 0 Å². The third kappa shape index (κ3) is 2.00. The van der Waals surface area contributed by atoms with E-state index < -0.39 is 0 Å². The molecule has 1 aliphatic rings. The first-order valence-electron chi connectivity index (χ1n) is 6.08. The van der Waals surface area contributed by atoms with Gasteiger partial charge in [0, 0.05) is 18.7 Å². The second-order valence-electron chi connectivity index (χ2n) is 4.92. The lowest BCUT2D eigenvalue weighted by Gasteiger charge is -2.28. The lowest BCUT2D eigenvalue weighted by Crippen LogP contribution is -2.30. The van der Waals surface area contributed by atoms with Gasteiger partial charge < -0.3 is 14.4 Å². The molecule has 3 rings (SSSR count). The molecule has 2 aromatic rings. The Bertz CT molecular complexity index is 534. The Hall–Kier alpha value is -1.55. The summed E-state index contributed by atoms with van der Waals surface area (Å²) in [6, 6.07) is 3.53. The maximum Gasteiger partial charge on any atom is 0.137 e. The molecule has 17 heavy (non-hydrogen) atoms. The standard InChI is InChI=1S/C13H17N3O/c1-15-6-2-3-10(7-15)12-9-16-8-11(17)4-5-13(16)14-12/h4-5,8-10,17H,2-3,6-7H2,1H3. The highest BCUT2D eigenvalue weighted by atomic mass is 16.3. The van der Waals surface area contributed by atoms with Gasteiger partial charge in [-0.05, 0) is 38.6 Å². The Kier molecular flexibility index (Phi) is 2.52. The molecular formula is C13H17N3O. The predicted octanol–water partition coefficient (Wildman–Crippen LogP) is 1.85. The minimum Gasteiger partial charge on any atom is -0.506 e. The lowest BCUT2D eigenvalue weighted by molar-refractivity contribution is 0.249. The van der Waals surface area contributed by atoms with Crippen LogP contribution in [0.5, 0.6) is 5.75 Å².